The van der Waals surface area contributed by atoms with Gasteiger partial charge in [0.25, 0.3) is 0 Å². The van der Waals surface area contributed by atoms with Gasteiger partial charge >= 0.3 is 0 Å². The largest absolute Gasteiger partial charge is 0.390 e. The number of rotatable bonds is 1. The zero-order chi connectivity index (χ0) is 7.71. The van der Waals surface area contributed by atoms with Crippen LogP contribution in [0.1, 0.15) is 41.0 Å². The van der Waals surface area contributed by atoms with E-state index < -0.39 is 5.60 Å². The van der Waals surface area contributed by atoms with Crippen LogP contribution in [0.25, 0.3) is 0 Å². The van der Waals surface area contributed by atoms with E-state index in [2.05, 4.69) is 20.8 Å². The summed E-state index contributed by atoms with van der Waals surface area (Å²) in [5.74, 6) is 0. The number of hydrogen-bond donors (Lipinski definition) is 1. The Morgan fingerprint density at radius 3 is 1.44 bits per heavy atom. The lowest BCUT2D eigenvalue weighted by molar-refractivity contribution is -0.0440. The molecule has 9 heavy (non-hydrogen) atoms. The molecule has 1 heteroatoms. The standard InChI is InChI=1S/C8H18O/c1-6-8(5,9)7(2,3)4/h9H,6H2,1-5H3/t8-/m1/s1. The van der Waals surface area contributed by atoms with Gasteiger partial charge in [-0.25, -0.2) is 0 Å². The fourth-order valence-electron chi connectivity index (χ4n) is 0.530. The summed E-state index contributed by atoms with van der Waals surface area (Å²) in [6.45, 7) is 10.0. The highest BCUT2D eigenvalue weighted by Crippen LogP contribution is 2.31. The normalized spacial score (nSPS) is 19.3. The second kappa shape index (κ2) is 2.30. The van der Waals surface area contributed by atoms with Gasteiger partial charge in [-0.2, -0.15) is 0 Å². The maximum atomic E-state index is 9.66. The van der Waals surface area contributed by atoms with Crippen LogP contribution in [-0.2, 0) is 0 Å². The van der Waals surface area contributed by atoms with Crippen LogP contribution in [0.5, 0.6) is 0 Å². The molecule has 0 aliphatic carbocycles. The summed E-state index contributed by atoms with van der Waals surface area (Å²) in [5.41, 5.74) is -0.519. The maximum absolute atomic E-state index is 9.66. The molecule has 0 radical (unpaired) electrons. The molecule has 0 amide bonds. The van der Waals surface area contributed by atoms with Crippen LogP contribution >= 0.6 is 0 Å². The second-order valence-corrected chi connectivity index (χ2v) is 3.88. The molecule has 56 valence electrons. The Kier molecular flexibility index (Phi) is 2.29. The van der Waals surface area contributed by atoms with E-state index in [-0.39, 0.29) is 5.41 Å². The molecule has 0 rings (SSSR count). The predicted molar refractivity (Wildman–Crippen MR) is 40.4 cm³/mol. The summed E-state index contributed by atoms with van der Waals surface area (Å²) in [5, 5.41) is 9.66. The number of hydrogen-bond acceptors (Lipinski definition) is 1. The molecule has 1 N–H and O–H groups in total. The lowest BCUT2D eigenvalue weighted by atomic mass is 9.76. The van der Waals surface area contributed by atoms with Crippen molar-refractivity contribution in [2.24, 2.45) is 5.41 Å². The van der Waals surface area contributed by atoms with Gasteiger partial charge in [0.2, 0.25) is 0 Å². The molecule has 0 aromatic heterocycles. The molecule has 0 spiro atoms. The molecule has 0 unspecified atom stereocenters. The van der Waals surface area contributed by atoms with E-state index in [0.717, 1.165) is 6.42 Å². The first-order valence-electron chi connectivity index (χ1n) is 3.53. The Labute approximate surface area is 58.1 Å². The molecule has 0 saturated heterocycles. The van der Waals surface area contributed by atoms with Gasteiger partial charge in [0.1, 0.15) is 0 Å². The Morgan fingerprint density at radius 1 is 1.11 bits per heavy atom. The zero-order valence-corrected chi connectivity index (χ0v) is 7.15. The Hall–Kier alpha value is -0.0400. The van der Waals surface area contributed by atoms with E-state index >= 15 is 0 Å². The fraction of sp³-hybridized carbons (Fsp3) is 1.00. The van der Waals surface area contributed by atoms with Gasteiger partial charge in [-0.1, -0.05) is 27.7 Å². The van der Waals surface area contributed by atoms with E-state index in [4.69, 9.17) is 0 Å². The van der Waals surface area contributed by atoms with Crippen molar-refractivity contribution in [3.8, 4) is 0 Å². The van der Waals surface area contributed by atoms with Gasteiger partial charge in [-0.05, 0) is 18.8 Å². The van der Waals surface area contributed by atoms with Crippen molar-refractivity contribution in [1.82, 2.24) is 0 Å². The van der Waals surface area contributed by atoms with E-state index in [9.17, 15) is 5.11 Å². The second-order valence-electron chi connectivity index (χ2n) is 3.88. The molecule has 0 heterocycles. The van der Waals surface area contributed by atoms with Crippen molar-refractivity contribution in [3.05, 3.63) is 0 Å². The molecule has 1 atom stereocenters. The molecule has 0 saturated carbocycles. The van der Waals surface area contributed by atoms with Gasteiger partial charge in [-0.3, -0.25) is 0 Å². The Morgan fingerprint density at radius 2 is 1.44 bits per heavy atom. The molecular weight excluding hydrogens is 112 g/mol. The highest BCUT2D eigenvalue weighted by atomic mass is 16.3. The number of aliphatic hydroxyl groups is 1. The van der Waals surface area contributed by atoms with Crippen molar-refractivity contribution in [2.75, 3.05) is 0 Å². The quantitative estimate of drug-likeness (QED) is 0.577. The van der Waals surface area contributed by atoms with E-state index in [0.29, 0.717) is 0 Å². The van der Waals surface area contributed by atoms with Crippen LogP contribution in [-0.4, -0.2) is 10.7 Å². The summed E-state index contributed by atoms with van der Waals surface area (Å²) in [6.07, 6.45) is 0.816. The molecule has 0 fully saturated rings. The van der Waals surface area contributed by atoms with Crippen LogP contribution in [0.2, 0.25) is 0 Å². The van der Waals surface area contributed by atoms with Crippen LogP contribution in [0.4, 0.5) is 0 Å². The molecule has 0 bridgehead atoms. The molecule has 1 nitrogen and oxygen atoms in total. The lowest BCUT2D eigenvalue weighted by Crippen LogP contribution is -2.38. The summed E-state index contributed by atoms with van der Waals surface area (Å²) in [7, 11) is 0. The molecule has 0 aliphatic heterocycles. The summed E-state index contributed by atoms with van der Waals surface area (Å²) >= 11 is 0. The maximum Gasteiger partial charge on any atom is 0.0665 e. The van der Waals surface area contributed by atoms with Gasteiger partial charge in [0, 0.05) is 0 Å². The van der Waals surface area contributed by atoms with Crippen molar-refractivity contribution in [2.45, 2.75) is 46.6 Å². The van der Waals surface area contributed by atoms with Gasteiger partial charge < -0.3 is 5.11 Å². The monoisotopic (exact) mass is 130 g/mol. The fourth-order valence-corrected chi connectivity index (χ4v) is 0.530. The summed E-state index contributed by atoms with van der Waals surface area (Å²) in [6, 6.07) is 0. The third kappa shape index (κ3) is 1.98. The topological polar surface area (TPSA) is 20.2 Å². The average molecular weight is 130 g/mol. The minimum atomic E-state index is -0.521. The highest BCUT2D eigenvalue weighted by Gasteiger charge is 2.32. The van der Waals surface area contributed by atoms with Crippen LogP contribution in [0, 0.1) is 5.41 Å². The van der Waals surface area contributed by atoms with Crippen LogP contribution in [0.3, 0.4) is 0 Å². The zero-order valence-electron chi connectivity index (χ0n) is 7.15. The van der Waals surface area contributed by atoms with Gasteiger partial charge in [0.05, 0.1) is 5.60 Å². The smallest absolute Gasteiger partial charge is 0.0665 e. The van der Waals surface area contributed by atoms with Gasteiger partial charge in [-0.15, -0.1) is 0 Å². The third-order valence-electron chi connectivity index (χ3n) is 2.30. The molecular formula is C8H18O. The van der Waals surface area contributed by atoms with Crippen molar-refractivity contribution >= 4 is 0 Å². The first-order chi connectivity index (χ1) is 3.81. The van der Waals surface area contributed by atoms with E-state index in [1.807, 2.05) is 13.8 Å². The SMILES string of the molecule is CC[C@@](C)(O)C(C)(C)C. The molecule has 0 aliphatic rings. The minimum absolute atomic E-state index is 0.00174. The van der Waals surface area contributed by atoms with Crippen LogP contribution in [0.15, 0.2) is 0 Å². The van der Waals surface area contributed by atoms with Crippen molar-refractivity contribution < 1.29 is 5.11 Å². The first-order valence-corrected chi connectivity index (χ1v) is 3.53. The van der Waals surface area contributed by atoms with Gasteiger partial charge in [0.15, 0.2) is 0 Å². The summed E-state index contributed by atoms with van der Waals surface area (Å²) < 4.78 is 0. The summed E-state index contributed by atoms with van der Waals surface area (Å²) in [4.78, 5) is 0. The third-order valence-corrected chi connectivity index (χ3v) is 2.30. The predicted octanol–water partition coefficient (Wildman–Crippen LogP) is 2.19. The van der Waals surface area contributed by atoms with Crippen molar-refractivity contribution in [3.63, 3.8) is 0 Å². The highest BCUT2D eigenvalue weighted by molar-refractivity contribution is 4.84. The van der Waals surface area contributed by atoms with Crippen molar-refractivity contribution in [1.29, 1.82) is 0 Å². The lowest BCUT2D eigenvalue weighted by Gasteiger charge is -2.36. The molecule has 0 aromatic carbocycles. The van der Waals surface area contributed by atoms with Crippen LogP contribution < -0.4 is 0 Å². The minimum Gasteiger partial charge on any atom is -0.390 e. The Balaban J connectivity index is 4.14. The van der Waals surface area contributed by atoms with E-state index in [1.165, 1.54) is 0 Å². The Bertz CT molecular complexity index is 87.2. The average Bonchev–Trinajstić information content (AvgIpc) is 1.64. The molecule has 0 aromatic rings. The van der Waals surface area contributed by atoms with E-state index in [1.54, 1.807) is 0 Å². The first kappa shape index (κ1) is 8.96.